The average Bonchev–Trinajstić information content (AvgIpc) is 2.90. The van der Waals surface area contributed by atoms with Crippen LogP contribution in [0, 0.1) is 0 Å². The Labute approximate surface area is 126 Å². The molecule has 1 aliphatic rings. The van der Waals surface area contributed by atoms with Gasteiger partial charge in [-0.15, -0.1) is 0 Å². The molecule has 1 aromatic heterocycles. The normalized spacial score (nSPS) is 18.4. The van der Waals surface area contributed by atoms with Crippen LogP contribution in [0.15, 0.2) is 36.5 Å². The number of aliphatic hydroxyl groups is 1. The van der Waals surface area contributed by atoms with Crippen LogP contribution in [0.2, 0.25) is 0 Å². The van der Waals surface area contributed by atoms with Gasteiger partial charge in [-0.25, -0.2) is 0 Å². The Hall–Kier alpha value is -1.61. The molecular formula is C18H24N2O. The quantitative estimate of drug-likeness (QED) is 0.882. The summed E-state index contributed by atoms with van der Waals surface area (Å²) in [5.41, 5.74) is 3.69. The van der Waals surface area contributed by atoms with E-state index in [1.54, 1.807) is 0 Å². The van der Waals surface area contributed by atoms with Gasteiger partial charge in [-0.3, -0.25) is 4.68 Å². The first-order valence-electron chi connectivity index (χ1n) is 8.02. The molecule has 1 aromatic carbocycles. The third kappa shape index (κ3) is 2.75. The molecule has 0 saturated heterocycles. The van der Waals surface area contributed by atoms with Gasteiger partial charge in [-0.05, 0) is 36.5 Å². The molecule has 2 unspecified atom stereocenters. The van der Waals surface area contributed by atoms with Gasteiger partial charge in [-0.2, -0.15) is 5.10 Å². The number of hydrogen-bond donors (Lipinski definition) is 1. The fourth-order valence-electron chi connectivity index (χ4n) is 3.35. The lowest BCUT2D eigenvalue weighted by atomic mass is 9.73. The lowest BCUT2D eigenvalue weighted by Crippen LogP contribution is -2.30. The maximum Gasteiger partial charge on any atom is 0.0668 e. The molecule has 0 aliphatic heterocycles. The molecule has 3 nitrogen and oxygen atoms in total. The van der Waals surface area contributed by atoms with Crippen LogP contribution in [0.5, 0.6) is 0 Å². The number of hydrogen-bond acceptors (Lipinski definition) is 2. The van der Waals surface area contributed by atoms with Crippen molar-refractivity contribution in [1.82, 2.24) is 9.78 Å². The third-order valence-corrected chi connectivity index (χ3v) is 4.76. The molecule has 2 atom stereocenters. The van der Waals surface area contributed by atoms with E-state index in [4.69, 9.17) is 0 Å². The van der Waals surface area contributed by atoms with Gasteiger partial charge in [0.15, 0.2) is 0 Å². The SMILES string of the molecule is CCC(CC)n1ccc(CC(O)C2Cc3ccccc32)n1. The molecular weight excluding hydrogens is 260 g/mol. The van der Waals surface area contributed by atoms with Crippen molar-refractivity contribution in [2.24, 2.45) is 0 Å². The molecule has 112 valence electrons. The van der Waals surface area contributed by atoms with Crippen LogP contribution in [-0.2, 0) is 12.8 Å². The summed E-state index contributed by atoms with van der Waals surface area (Å²) in [6, 6.07) is 10.9. The Morgan fingerprint density at radius 1 is 1.24 bits per heavy atom. The van der Waals surface area contributed by atoms with E-state index in [0.29, 0.717) is 12.5 Å². The molecule has 0 spiro atoms. The third-order valence-electron chi connectivity index (χ3n) is 4.76. The highest BCUT2D eigenvalue weighted by atomic mass is 16.3. The smallest absolute Gasteiger partial charge is 0.0668 e. The van der Waals surface area contributed by atoms with Crippen molar-refractivity contribution in [2.45, 2.75) is 57.6 Å². The maximum atomic E-state index is 10.5. The van der Waals surface area contributed by atoms with Crippen molar-refractivity contribution in [1.29, 1.82) is 0 Å². The van der Waals surface area contributed by atoms with E-state index in [0.717, 1.165) is 25.0 Å². The van der Waals surface area contributed by atoms with E-state index in [1.807, 2.05) is 6.07 Å². The van der Waals surface area contributed by atoms with Crippen LogP contribution >= 0.6 is 0 Å². The predicted molar refractivity (Wildman–Crippen MR) is 84.4 cm³/mol. The minimum absolute atomic E-state index is 0.277. The fraction of sp³-hybridized carbons (Fsp3) is 0.500. The predicted octanol–water partition coefficient (Wildman–Crippen LogP) is 3.49. The standard InChI is InChI=1S/C18H24N2O/c1-3-15(4-2)20-10-9-14(19-20)12-18(21)17-11-13-7-5-6-8-16(13)17/h5-10,15,17-18,21H,3-4,11-12H2,1-2H3. The van der Waals surface area contributed by atoms with Crippen LogP contribution in [0.25, 0.3) is 0 Å². The van der Waals surface area contributed by atoms with Crippen molar-refractivity contribution in [3.8, 4) is 0 Å². The number of benzene rings is 1. The van der Waals surface area contributed by atoms with E-state index >= 15 is 0 Å². The highest BCUT2D eigenvalue weighted by molar-refractivity contribution is 5.41. The monoisotopic (exact) mass is 284 g/mol. The van der Waals surface area contributed by atoms with Gasteiger partial charge in [-0.1, -0.05) is 38.1 Å². The summed E-state index contributed by atoms with van der Waals surface area (Å²) in [7, 11) is 0. The Balaban J connectivity index is 1.65. The highest BCUT2D eigenvalue weighted by Gasteiger charge is 2.31. The summed E-state index contributed by atoms with van der Waals surface area (Å²) < 4.78 is 2.05. The highest BCUT2D eigenvalue weighted by Crippen LogP contribution is 2.38. The van der Waals surface area contributed by atoms with Crippen molar-refractivity contribution in [3.63, 3.8) is 0 Å². The van der Waals surface area contributed by atoms with Gasteiger partial charge in [0, 0.05) is 18.5 Å². The second-order valence-electron chi connectivity index (χ2n) is 6.04. The first-order valence-corrected chi connectivity index (χ1v) is 8.02. The van der Waals surface area contributed by atoms with Gasteiger partial charge >= 0.3 is 0 Å². The summed E-state index contributed by atoms with van der Waals surface area (Å²) >= 11 is 0. The van der Waals surface area contributed by atoms with Gasteiger partial charge in [0.2, 0.25) is 0 Å². The van der Waals surface area contributed by atoms with Crippen LogP contribution in [0.1, 0.15) is 55.5 Å². The van der Waals surface area contributed by atoms with E-state index in [1.165, 1.54) is 11.1 Å². The Morgan fingerprint density at radius 3 is 2.71 bits per heavy atom. The maximum absolute atomic E-state index is 10.5. The van der Waals surface area contributed by atoms with E-state index < -0.39 is 0 Å². The Morgan fingerprint density at radius 2 is 2.00 bits per heavy atom. The van der Waals surface area contributed by atoms with Crippen molar-refractivity contribution in [3.05, 3.63) is 53.3 Å². The molecule has 0 saturated carbocycles. The minimum Gasteiger partial charge on any atom is -0.392 e. The first-order chi connectivity index (χ1) is 10.2. The molecule has 3 heteroatoms. The molecule has 1 heterocycles. The minimum atomic E-state index is -0.329. The number of rotatable bonds is 6. The van der Waals surface area contributed by atoms with Crippen LogP contribution in [0.3, 0.4) is 0 Å². The second-order valence-corrected chi connectivity index (χ2v) is 6.04. The number of fused-ring (bicyclic) bond motifs is 1. The van der Waals surface area contributed by atoms with Gasteiger partial charge in [0.05, 0.1) is 17.8 Å². The van der Waals surface area contributed by atoms with Gasteiger partial charge < -0.3 is 5.11 Å². The van der Waals surface area contributed by atoms with Crippen LogP contribution in [-0.4, -0.2) is 21.0 Å². The summed E-state index contributed by atoms with van der Waals surface area (Å²) in [6.45, 7) is 4.38. The summed E-state index contributed by atoms with van der Waals surface area (Å²) in [5.74, 6) is 0.277. The second kappa shape index (κ2) is 6.02. The molecule has 0 radical (unpaired) electrons. The molecule has 21 heavy (non-hydrogen) atoms. The molecule has 2 aromatic rings. The molecule has 0 fully saturated rings. The number of aliphatic hydroxyl groups excluding tert-OH is 1. The van der Waals surface area contributed by atoms with Crippen molar-refractivity contribution >= 4 is 0 Å². The molecule has 0 bridgehead atoms. The zero-order valence-corrected chi connectivity index (χ0v) is 12.9. The Kier molecular flexibility index (Phi) is 4.11. The molecule has 0 amide bonds. The van der Waals surface area contributed by atoms with Crippen molar-refractivity contribution in [2.75, 3.05) is 0 Å². The molecule has 1 aliphatic carbocycles. The largest absolute Gasteiger partial charge is 0.392 e. The van der Waals surface area contributed by atoms with Gasteiger partial charge in [0.1, 0.15) is 0 Å². The van der Waals surface area contributed by atoms with E-state index in [9.17, 15) is 5.11 Å². The van der Waals surface area contributed by atoms with Crippen LogP contribution in [0.4, 0.5) is 0 Å². The number of aromatic nitrogens is 2. The first kappa shape index (κ1) is 14.3. The van der Waals surface area contributed by atoms with Crippen LogP contribution < -0.4 is 0 Å². The lowest BCUT2D eigenvalue weighted by molar-refractivity contribution is 0.132. The summed E-state index contributed by atoms with van der Waals surface area (Å²) in [6.07, 6.45) is 5.54. The van der Waals surface area contributed by atoms with Gasteiger partial charge in [0.25, 0.3) is 0 Å². The van der Waals surface area contributed by atoms with E-state index in [-0.39, 0.29) is 12.0 Å². The molecule has 1 N–H and O–H groups in total. The summed E-state index contributed by atoms with van der Waals surface area (Å²) in [4.78, 5) is 0. The summed E-state index contributed by atoms with van der Waals surface area (Å²) in [5, 5.41) is 15.1. The lowest BCUT2D eigenvalue weighted by Gasteiger charge is -2.33. The topological polar surface area (TPSA) is 38.0 Å². The zero-order valence-electron chi connectivity index (χ0n) is 12.9. The zero-order chi connectivity index (χ0) is 14.8. The van der Waals surface area contributed by atoms with E-state index in [2.05, 4.69) is 54.1 Å². The van der Waals surface area contributed by atoms with Crippen molar-refractivity contribution < 1.29 is 5.11 Å². The number of nitrogens with zero attached hydrogens (tertiary/aromatic N) is 2. The molecule has 3 rings (SSSR count). The fourth-order valence-corrected chi connectivity index (χ4v) is 3.35. The average molecular weight is 284 g/mol. The Bertz CT molecular complexity index is 601.